The van der Waals surface area contributed by atoms with Gasteiger partial charge in [0, 0.05) is 12.2 Å². The topological polar surface area (TPSA) is 59.0 Å². The summed E-state index contributed by atoms with van der Waals surface area (Å²) in [5.41, 5.74) is 0.747. The van der Waals surface area contributed by atoms with Crippen LogP contribution in [-0.2, 0) is 4.79 Å². The lowest BCUT2D eigenvalue weighted by molar-refractivity contribution is -0.115. The summed E-state index contributed by atoms with van der Waals surface area (Å²) < 4.78 is 1.81. The molecule has 5 heteroatoms. The number of anilines is 1. The van der Waals surface area contributed by atoms with Crippen LogP contribution in [0.4, 0.5) is 5.69 Å². The fourth-order valence-corrected chi connectivity index (χ4v) is 1.27. The third-order valence-corrected chi connectivity index (χ3v) is 2.13. The fourth-order valence-electron chi connectivity index (χ4n) is 1.27. The zero-order valence-electron chi connectivity index (χ0n) is 10.2. The Morgan fingerprint density at radius 3 is 2.88 bits per heavy atom. The van der Waals surface area contributed by atoms with E-state index in [0.717, 1.165) is 18.7 Å². The second kappa shape index (κ2) is 6.27. The maximum absolute atomic E-state index is 11.5. The van der Waals surface area contributed by atoms with Crippen molar-refractivity contribution < 1.29 is 4.79 Å². The molecule has 0 spiro atoms. The zero-order chi connectivity index (χ0) is 12.0. The highest BCUT2D eigenvalue weighted by molar-refractivity contribution is 5.91. The molecule has 1 amide bonds. The second-order valence-corrected chi connectivity index (χ2v) is 4.03. The molecule has 90 valence electrons. The molecule has 0 atom stereocenters. The molecule has 0 saturated carbocycles. The third-order valence-electron chi connectivity index (χ3n) is 2.13. The molecule has 5 nitrogen and oxygen atoms in total. The van der Waals surface area contributed by atoms with Gasteiger partial charge in [-0.3, -0.25) is 9.48 Å². The predicted molar refractivity (Wildman–Crippen MR) is 64.4 cm³/mol. The van der Waals surface area contributed by atoms with E-state index >= 15 is 0 Å². The van der Waals surface area contributed by atoms with Crippen molar-refractivity contribution in [2.75, 3.05) is 18.4 Å². The zero-order valence-corrected chi connectivity index (χ0v) is 10.2. The lowest BCUT2D eigenvalue weighted by atomic mass is 10.4. The SMILES string of the molecule is CCCNCC(=O)Nc1cnn(C(C)C)c1. The van der Waals surface area contributed by atoms with E-state index in [9.17, 15) is 4.79 Å². The number of nitrogens with zero attached hydrogens (tertiary/aromatic N) is 2. The van der Waals surface area contributed by atoms with E-state index in [-0.39, 0.29) is 5.91 Å². The molecule has 0 fully saturated rings. The number of hydrogen-bond acceptors (Lipinski definition) is 3. The van der Waals surface area contributed by atoms with Crippen LogP contribution in [0.3, 0.4) is 0 Å². The smallest absolute Gasteiger partial charge is 0.238 e. The van der Waals surface area contributed by atoms with Crippen molar-refractivity contribution in [2.45, 2.75) is 33.2 Å². The first-order valence-electron chi connectivity index (χ1n) is 5.68. The Morgan fingerprint density at radius 2 is 2.31 bits per heavy atom. The van der Waals surface area contributed by atoms with Crippen molar-refractivity contribution in [1.82, 2.24) is 15.1 Å². The molecule has 1 aromatic heterocycles. The molecule has 2 N–H and O–H groups in total. The number of hydrogen-bond donors (Lipinski definition) is 2. The van der Waals surface area contributed by atoms with E-state index in [0.29, 0.717) is 12.6 Å². The van der Waals surface area contributed by atoms with Gasteiger partial charge in [-0.2, -0.15) is 5.10 Å². The maximum atomic E-state index is 11.5. The number of amides is 1. The van der Waals surface area contributed by atoms with Gasteiger partial charge in [0.05, 0.1) is 18.4 Å². The van der Waals surface area contributed by atoms with E-state index in [1.54, 1.807) is 6.20 Å². The monoisotopic (exact) mass is 224 g/mol. The Kier molecular flexibility index (Phi) is 4.98. The summed E-state index contributed by atoms with van der Waals surface area (Å²) in [4.78, 5) is 11.5. The average molecular weight is 224 g/mol. The van der Waals surface area contributed by atoms with Crippen molar-refractivity contribution >= 4 is 11.6 Å². The summed E-state index contributed by atoms with van der Waals surface area (Å²) >= 11 is 0. The molecule has 0 unspecified atom stereocenters. The standard InChI is InChI=1S/C11H20N4O/c1-4-5-12-7-11(16)14-10-6-13-15(8-10)9(2)3/h6,8-9,12H,4-5,7H2,1-3H3,(H,14,16). The quantitative estimate of drug-likeness (QED) is 0.718. The molecule has 1 rings (SSSR count). The van der Waals surface area contributed by atoms with Gasteiger partial charge in [-0.15, -0.1) is 0 Å². The highest BCUT2D eigenvalue weighted by atomic mass is 16.1. The number of carbonyl (C=O) groups excluding carboxylic acids is 1. The van der Waals surface area contributed by atoms with Gasteiger partial charge in [0.2, 0.25) is 5.91 Å². The minimum atomic E-state index is -0.0308. The van der Waals surface area contributed by atoms with Gasteiger partial charge in [-0.05, 0) is 26.8 Å². The maximum Gasteiger partial charge on any atom is 0.238 e. The van der Waals surface area contributed by atoms with Gasteiger partial charge in [0.25, 0.3) is 0 Å². The van der Waals surface area contributed by atoms with Crippen LogP contribution in [0.5, 0.6) is 0 Å². The molecule has 16 heavy (non-hydrogen) atoms. The first-order valence-corrected chi connectivity index (χ1v) is 5.68. The van der Waals surface area contributed by atoms with E-state index in [1.165, 1.54) is 0 Å². The summed E-state index contributed by atoms with van der Waals surface area (Å²) in [5.74, 6) is -0.0308. The van der Waals surface area contributed by atoms with Crippen LogP contribution in [0.1, 0.15) is 33.2 Å². The lowest BCUT2D eigenvalue weighted by Gasteiger charge is -2.04. The Balaban J connectivity index is 2.37. The van der Waals surface area contributed by atoms with Gasteiger partial charge in [-0.25, -0.2) is 0 Å². The van der Waals surface area contributed by atoms with E-state index in [1.807, 2.05) is 24.7 Å². The molecule has 0 aromatic carbocycles. The van der Waals surface area contributed by atoms with Crippen LogP contribution in [0.2, 0.25) is 0 Å². The first kappa shape index (κ1) is 12.7. The lowest BCUT2D eigenvalue weighted by Crippen LogP contribution is -2.28. The summed E-state index contributed by atoms with van der Waals surface area (Å²) in [5, 5.41) is 9.98. The van der Waals surface area contributed by atoms with Gasteiger partial charge in [0.1, 0.15) is 0 Å². The number of nitrogens with one attached hydrogen (secondary N) is 2. The summed E-state index contributed by atoms with van der Waals surface area (Å²) in [6.07, 6.45) is 4.53. The normalized spacial score (nSPS) is 10.8. The molecule has 1 heterocycles. The van der Waals surface area contributed by atoms with Crippen LogP contribution in [0.25, 0.3) is 0 Å². The third kappa shape index (κ3) is 4.02. The summed E-state index contributed by atoms with van der Waals surface area (Å²) in [6.45, 7) is 7.36. The molecule has 0 aliphatic rings. The van der Waals surface area contributed by atoms with Crippen LogP contribution >= 0.6 is 0 Å². The average Bonchev–Trinajstić information content (AvgIpc) is 2.66. The predicted octanol–water partition coefficient (Wildman–Crippen LogP) is 1.40. The number of aromatic nitrogens is 2. The van der Waals surface area contributed by atoms with Crippen molar-refractivity contribution in [1.29, 1.82) is 0 Å². The summed E-state index contributed by atoms with van der Waals surface area (Å²) in [6, 6.07) is 0.309. The van der Waals surface area contributed by atoms with Crippen LogP contribution in [-0.4, -0.2) is 28.8 Å². The summed E-state index contributed by atoms with van der Waals surface area (Å²) in [7, 11) is 0. The molecule has 0 aliphatic carbocycles. The van der Waals surface area contributed by atoms with Crippen molar-refractivity contribution in [2.24, 2.45) is 0 Å². The van der Waals surface area contributed by atoms with Crippen molar-refractivity contribution in [3.63, 3.8) is 0 Å². The molecule has 0 saturated heterocycles. The first-order chi connectivity index (χ1) is 7.63. The molecule has 0 aliphatic heterocycles. The van der Waals surface area contributed by atoms with Gasteiger partial charge in [-0.1, -0.05) is 6.92 Å². The Bertz CT molecular complexity index is 332. The van der Waals surface area contributed by atoms with Crippen LogP contribution in [0.15, 0.2) is 12.4 Å². The largest absolute Gasteiger partial charge is 0.322 e. The van der Waals surface area contributed by atoms with E-state index < -0.39 is 0 Å². The molecular formula is C11H20N4O. The van der Waals surface area contributed by atoms with E-state index in [2.05, 4.69) is 22.7 Å². The minimum Gasteiger partial charge on any atom is -0.322 e. The number of rotatable bonds is 6. The Labute approximate surface area is 96.2 Å². The number of carbonyl (C=O) groups is 1. The molecule has 0 radical (unpaired) electrons. The fraction of sp³-hybridized carbons (Fsp3) is 0.636. The highest BCUT2D eigenvalue weighted by Gasteiger charge is 2.05. The Hall–Kier alpha value is -1.36. The van der Waals surface area contributed by atoms with Gasteiger partial charge < -0.3 is 10.6 Å². The second-order valence-electron chi connectivity index (χ2n) is 4.03. The van der Waals surface area contributed by atoms with E-state index in [4.69, 9.17) is 0 Å². The van der Waals surface area contributed by atoms with Crippen molar-refractivity contribution in [3.8, 4) is 0 Å². The van der Waals surface area contributed by atoms with Gasteiger partial charge in [0.15, 0.2) is 0 Å². The van der Waals surface area contributed by atoms with Crippen LogP contribution < -0.4 is 10.6 Å². The highest BCUT2D eigenvalue weighted by Crippen LogP contribution is 2.09. The molecule has 1 aromatic rings. The molecule has 0 bridgehead atoms. The molecular weight excluding hydrogens is 204 g/mol. The Morgan fingerprint density at radius 1 is 1.56 bits per heavy atom. The minimum absolute atomic E-state index is 0.0308. The van der Waals surface area contributed by atoms with Gasteiger partial charge >= 0.3 is 0 Å². The van der Waals surface area contributed by atoms with Crippen LogP contribution in [0, 0.1) is 0 Å². The van der Waals surface area contributed by atoms with Crippen molar-refractivity contribution in [3.05, 3.63) is 12.4 Å².